The van der Waals surface area contributed by atoms with Crippen molar-refractivity contribution >= 4 is 39.2 Å². The molecule has 48 heavy (non-hydrogen) atoms. The lowest BCUT2D eigenvalue weighted by Gasteiger charge is -2.29. The number of allylic oxidation sites excluding steroid dienone is 2. The molecule has 2 aliphatic rings. The van der Waals surface area contributed by atoms with E-state index in [1.807, 2.05) is 0 Å². The van der Waals surface area contributed by atoms with Gasteiger partial charge in [-0.25, -0.2) is 0 Å². The first-order chi connectivity index (χ1) is 23.8. The summed E-state index contributed by atoms with van der Waals surface area (Å²) in [6, 6.07) is 61.8. The fraction of sp³-hybridized carbons (Fsp3) is 0.0435. The summed E-state index contributed by atoms with van der Waals surface area (Å²) in [4.78, 5) is 4.88. The minimum atomic E-state index is 0.285. The summed E-state index contributed by atoms with van der Waals surface area (Å²) in [5.74, 6) is 0.371. The summed E-state index contributed by atoms with van der Waals surface area (Å²) in [5.41, 5.74) is 12.1. The van der Waals surface area contributed by atoms with E-state index in [0.29, 0.717) is 5.92 Å². The van der Waals surface area contributed by atoms with Crippen LogP contribution >= 0.6 is 0 Å². The molecule has 2 nitrogen and oxygen atoms in total. The summed E-state index contributed by atoms with van der Waals surface area (Å²) >= 11 is 0. The van der Waals surface area contributed by atoms with E-state index < -0.39 is 0 Å². The Morgan fingerprint density at radius 3 is 1.88 bits per heavy atom. The third-order valence-electron chi connectivity index (χ3n) is 9.78. The number of anilines is 5. The van der Waals surface area contributed by atoms with Crippen LogP contribution < -0.4 is 9.80 Å². The van der Waals surface area contributed by atoms with Crippen LogP contribution in [0.5, 0.6) is 0 Å². The SMILES string of the molecule is C1=CC2c3ccccc3N(c3cccc(-c4ccc(N(c5ccc(-c6ccccc6)cc5)c5cccc6ccccc56)cc4)c3)C2C=C1. The molecule has 0 spiro atoms. The Labute approximate surface area is 282 Å². The number of nitrogens with zero attached hydrogens (tertiary/aromatic N) is 2. The van der Waals surface area contributed by atoms with Gasteiger partial charge in [0.1, 0.15) is 0 Å². The minimum Gasteiger partial charge on any atom is -0.333 e. The van der Waals surface area contributed by atoms with Gasteiger partial charge in [0.15, 0.2) is 0 Å². The largest absolute Gasteiger partial charge is 0.333 e. The number of para-hydroxylation sites is 1. The second-order valence-corrected chi connectivity index (χ2v) is 12.6. The molecule has 2 atom stereocenters. The van der Waals surface area contributed by atoms with Crippen LogP contribution in [0.15, 0.2) is 194 Å². The second-order valence-electron chi connectivity index (χ2n) is 12.6. The monoisotopic (exact) mass is 614 g/mol. The Kier molecular flexibility index (Phi) is 6.98. The molecule has 2 unspecified atom stereocenters. The van der Waals surface area contributed by atoms with Gasteiger partial charge in [-0.1, -0.05) is 146 Å². The predicted molar refractivity (Wildman–Crippen MR) is 203 cm³/mol. The maximum atomic E-state index is 2.50. The van der Waals surface area contributed by atoms with Crippen molar-refractivity contribution in [2.75, 3.05) is 9.80 Å². The van der Waals surface area contributed by atoms with Crippen LogP contribution in [0.2, 0.25) is 0 Å². The Hall–Kier alpha value is -6.12. The molecule has 0 amide bonds. The van der Waals surface area contributed by atoms with Crippen LogP contribution in [-0.2, 0) is 0 Å². The van der Waals surface area contributed by atoms with Crippen molar-refractivity contribution in [3.8, 4) is 22.3 Å². The molecule has 2 heteroatoms. The van der Waals surface area contributed by atoms with Crippen molar-refractivity contribution in [1.82, 2.24) is 0 Å². The normalized spacial score (nSPS) is 16.1. The highest BCUT2D eigenvalue weighted by Crippen LogP contribution is 2.48. The Morgan fingerprint density at radius 1 is 0.458 bits per heavy atom. The first kappa shape index (κ1) is 28.1. The highest BCUT2D eigenvalue weighted by atomic mass is 15.2. The van der Waals surface area contributed by atoms with Crippen LogP contribution in [0.4, 0.5) is 28.4 Å². The van der Waals surface area contributed by atoms with E-state index in [-0.39, 0.29) is 6.04 Å². The molecule has 9 rings (SSSR count). The number of benzene rings is 7. The van der Waals surface area contributed by atoms with Gasteiger partial charge in [-0.15, -0.1) is 0 Å². The Bertz CT molecular complexity index is 2290. The highest BCUT2D eigenvalue weighted by Gasteiger charge is 2.37. The van der Waals surface area contributed by atoms with E-state index in [1.54, 1.807) is 0 Å². The van der Waals surface area contributed by atoms with Gasteiger partial charge in [0.05, 0.1) is 11.7 Å². The molecule has 228 valence electrons. The molecule has 0 fully saturated rings. The van der Waals surface area contributed by atoms with Gasteiger partial charge < -0.3 is 9.80 Å². The summed E-state index contributed by atoms with van der Waals surface area (Å²) in [5, 5.41) is 2.45. The van der Waals surface area contributed by atoms with E-state index in [1.165, 1.54) is 50.0 Å². The number of hydrogen-bond acceptors (Lipinski definition) is 2. The maximum Gasteiger partial charge on any atom is 0.0629 e. The summed E-state index contributed by atoms with van der Waals surface area (Å²) in [6.07, 6.45) is 9.03. The van der Waals surface area contributed by atoms with Crippen molar-refractivity contribution in [3.63, 3.8) is 0 Å². The van der Waals surface area contributed by atoms with Crippen LogP contribution in [-0.4, -0.2) is 6.04 Å². The minimum absolute atomic E-state index is 0.285. The summed E-state index contributed by atoms with van der Waals surface area (Å²) in [6.45, 7) is 0. The lowest BCUT2D eigenvalue weighted by molar-refractivity contribution is 0.745. The smallest absolute Gasteiger partial charge is 0.0629 e. The van der Waals surface area contributed by atoms with Gasteiger partial charge in [0.2, 0.25) is 0 Å². The maximum absolute atomic E-state index is 2.50. The molecular formula is C46H34N2. The van der Waals surface area contributed by atoms with E-state index >= 15 is 0 Å². The van der Waals surface area contributed by atoms with E-state index in [0.717, 1.165) is 17.1 Å². The molecule has 0 bridgehead atoms. The zero-order valence-electron chi connectivity index (χ0n) is 26.5. The van der Waals surface area contributed by atoms with Crippen molar-refractivity contribution in [3.05, 3.63) is 200 Å². The Balaban J connectivity index is 1.09. The molecule has 0 aromatic heterocycles. The van der Waals surface area contributed by atoms with Crippen molar-refractivity contribution < 1.29 is 0 Å². The van der Waals surface area contributed by atoms with E-state index in [2.05, 4.69) is 204 Å². The molecule has 0 radical (unpaired) electrons. The van der Waals surface area contributed by atoms with Gasteiger partial charge in [-0.2, -0.15) is 0 Å². The van der Waals surface area contributed by atoms with E-state index in [9.17, 15) is 0 Å². The third-order valence-corrected chi connectivity index (χ3v) is 9.78. The first-order valence-corrected chi connectivity index (χ1v) is 16.7. The van der Waals surface area contributed by atoms with Gasteiger partial charge in [-0.05, 0) is 81.7 Å². The predicted octanol–water partition coefficient (Wildman–Crippen LogP) is 12.4. The van der Waals surface area contributed by atoms with Crippen LogP contribution in [0.25, 0.3) is 33.0 Å². The lowest BCUT2D eigenvalue weighted by Crippen LogP contribution is -2.28. The quantitative estimate of drug-likeness (QED) is 0.184. The highest BCUT2D eigenvalue weighted by molar-refractivity contribution is 5.99. The molecule has 0 saturated heterocycles. The van der Waals surface area contributed by atoms with Gasteiger partial charge in [-0.3, -0.25) is 0 Å². The van der Waals surface area contributed by atoms with Crippen LogP contribution in [0, 0.1) is 0 Å². The molecule has 0 saturated carbocycles. The molecular weight excluding hydrogens is 581 g/mol. The summed E-state index contributed by atoms with van der Waals surface area (Å²) < 4.78 is 0. The molecule has 1 aliphatic carbocycles. The molecule has 1 heterocycles. The molecule has 7 aromatic carbocycles. The van der Waals surface area contributed by atoms with Gasteiger partial charge in [0, 0.05) is 34.1 Å². The van der Waals surface area contributed by atoms with Crippen LogP contribution in [0.1, 0.15) is 11.5 Å². The average Bonchev–Trinajstić information content (AvgIpc) is 3.50. The third kappa shape index (κ3) is 4.90. The van der Waals surface area contributed by atoms with Gasteiger partial charge in [0.25, 0.3) is 0 Å². The zero-order valence-corrected chi connectivity index (χ0v) is 26.5. The molecule has 1 aliphatic heterocycles. The topological polar surface area (TPSA) is 6.48 Å². The Morgan fingerprint density at radius 2 is 1.06 bits per heavy atom. The fourth-order valence-electron chi connectivity index (χ4n) is 7.49. The average molecular weight is 615 g/mol. The second kappa shape index (κ2) is 11.9. The first-order valence-electron chi connectivity index (χ1n) is 16.7. The summed E-state index contributed by atoms with van der Waals surface area (Å²) in [7, 11) is 0. The molecule has 0 N–H and O–H groups in total. The van der Waals surface area contributed by atoms with Gasteiger partial charge >= 0.3 is 0 Å². The number of rotatable bonds is 6. The number of fused-ring (bicyclic) bond motifs is 4. The van der Waals surface area contributed by atoms with Crippen molar-refractivity contribution in [1.29, 1.82) is 0 Å². The standard InChI is InChI=1S/C46H34N2/c1-2-12-33(13-3-1)34-24-28-38(29-25-34)47(44-23-11-15-36-14-4-5-18-41(36)44)39-30-26-35(27-31-39)37-16-10-17-40(32-37)48-45-21-8-6-19-42(45)43-20-7-9-22-46(43)48/h1-32,42,45H. The van der Waals surface area contributed by atoms with Crippen molar-refractivity contribution in [2.45, 2.75) is 12.0 Å². The fourth-order valence-corrected chi connectivity index (χ4v) is 7.49. The number of hydrogen-bond donors (Lipinski definition) is 0. The van der Waals surface area contributed by atoms with Crippen LogP contribution in [0.3, 0.4) is 0 Å². The zero-order chi connectivity index (χ0) is 31.9. The van der Waals surface area contributed by atoms with Crippen molar-refractivity contribution in [2.24, 2.45) is 0 Å². The van der Waals surface area contributed by atoms with E-state index in [4.69, 9.17) is 0 Å². The lowest BCUT2D eigenvalue weighted by atomic mass is 9.91. The molecule has 7 aromatic rings.